The molecule has 0 bridgehead atoms. The molecule has 1 fully saturated rings. The highest BCUT2D eigenvalue weighted by Crippen LogP contribution is 2.29. The topological polar surface area (TPSA) is 50.2 Å². The summed E-state index contributed by atoms with van der Waals surface area (Å²) in [5.74, 6) is 0.0972. The molecule has 0 saturated carbocycles. The van der Waals surface area contributed by atoms with E-state index in [-0.39, 0.29) is 30.4 Å². The summed E-state index contributed by atoms with van der Waals surface area (Å²) in [6.07, 6.45) is 3.63. The summed E-state index contributed by atoms with van der Waals surface area (Å²) in [5, 5.41) is 3.41. The van der Waals surface area contributed by atoms with Crippen LogP contribution in [0.4, 0.5) is 0 Å². The number of amides is 1. The molecular formula is C24H29ClN4O. The van der Waals surface area contributed by atoms with Crippen LogP contribution in [-0.4, -0.2) is 40.0 Å². The molecule has 2 atom stereocenters. The lowest BCUT2D eigenvalue weighted by molar-refractivity contribution is 0.0633. The van der Waals surface area contributed by atoms with Crippen molar-refractivity contribution >= 4 is 18.3 Å². The van der Waals surface area contributed by atoms with Crippen LogP contribution < -0.4 is 5.32 Å². The summed E-state index contributed by atoms with van der Waals surface area (Å²) >= 11 is 0. The standard InChI is InChI=1S/C24H28N4O.ClH/c1-17-14-22(19(3)28(17)18(2)20-8-5-4-6-9-20)24(29)27-13-12-26-16-23(27)21-10-7-11-25-15-21;/h4-11,14-15,18,23,26H,12-13,16H2,1-3H3;1H. The van der Waals surface area contributed by atoms with Crippen LogP contribution in [0.3, 0.4) is 0 Å². The SMILES string of the molecule is Cc1cc(C(=O)N2CCNCC2c2cccnc2)c(C)n1C(C)c1ccccc1.Cl. The molecule has 1 saturated heterocycles. The second kappa shape index (κ2) is 9.45. The summed E-state index contributed by atoms with van der Waals surface area (Å²) in [5.41, 5.74) is 5.23. The van der Waals surface area contributed by atoms with Crippen LogP contribution in [0.25, 0.3) is 0 Å². The van der Waals surface area contributed by atoms with Crippen molar-refractivity contribution < 1.29 is 4.79 Å². The number of pyridine rings is 1. The van der Waals surface area contributed by atoms with Gasteiger partial charge in [-0.3, -0.25) is 9.78 Å². The molecule has 1 aromatic carbocycles. The maximum atomic E-state index is 13.6. The van der Waals surface area contributed by atoms with Gasteiger partial charge in [0.05, 0.1) is 17.6 Å². The molecule has 2 unspecified atom stereocenters. The molecule has 1 aliphatic heterocycles. The fourth-order valence-corrected chi connectivity index (χ4v) is 4.44. The van der Waals surface area contributed by atoms with E-state index in [9.17, 15) is 4.79 Å². The van der Waals surface area contributed by atoms with Crippen LogP contribution in [0.15, 0.2) is 60.9 Å². The third-order valence-electron chi connectivity index (χ3n) is 5.96. The predicted molar refractivity (Wildman–Crippen MR) is 122 cm³/mol. The normalized spacial score (nSPS) is 17.3. The van der Waals surface area contributed by atoms with Crippen molar-refractivity contribution in [2.45, 2.75) is 32.9 Å². The van der Waals surface area contributed by atoms with Crippen LogP contribution in [0.1, 0.15) is 51.9 Å². The lowest BCUT2D eigenvalue weighted by atomic mass is 10.0. The molecule has 1 N–H and O–H groups in total. The zero-order chi connectivity index (χ0) is 20.4. The molecule has 158 valence electrons. The van der Waals surface area contributed by atoms with Gasteiger partial charge >= 0.3 is 0 Å². The molecule has 30 heavy (non-hydrogen) atoms. The van der Waals surface area contributed by atoms with Crippen LogP contribution in [-0.2, 0) is 0 Å². The van der Waals surface area contributed by atoms with Crippen molar-refractivity contribution in [3.63, 3.8) is 0 Å². The first kappa shape index (κ1) is 22.1. The minimum atomic E-state index is -0.000414. The Balaban J connectivity index is 0.00000256. The van der Waals surface area contributed by atoms with E-state index < -0.39 is 0 Å². The van der Waals surface area contributed by atoms with Gasteiger partial charge in [-0.15, -0.1) is 12.4 Å². The Morgan fingerprint density at radius 3 is 2.63 bits per heavy atom. The number of hydrogen-bond acceptors (Lipinski definition) is 3. The Morgan fingerprint density at radius 1 is 1.17 bits per heavy atom. The highest BCUT2D eigenvalue weighted by molar-refractivity contribution is 5.96. The van der Waals surface area contributed by atoms with Gasteiger partial charge in [-0.2, -0.15) is 0 Å². The van der Waals surface area contributed by atoms with Crippen molar-refractivity contribution in [1.82, 2.24) is 19.8 Å². The van der Waals surface area contributed by atoms with Crippen LogP contribution in [0, 0.1) is 13.8 Å². The largest absolute Gasteiger partial charge is 0.341 e. The second-order valence-electron chi connectivity index (χ2n) is 7.75. The molecule has 0 spiro atoms. The number of halogens is 1. The van der Waals surface area contributed by atoms with E-state index in [2.05, 4.69) is 59.9 Å². The molecule has 0 aliphatic carbocycles. The van der Waals surface area contributed by atoms with E-state index in [0.29, 0.717) is 6.54 Å². The van der Waals surface area contributed by atoms with E-state index >= 15 is 0 Å². The zero-order valence-electron chi connectivity index (χ0n) is 17.7. The summed E-state index contributed by atoms with van der Waals surface area (Å²) in [4.78, 5) is 19.8. The Bertz CT molecular complexity index is 987. The molecule has 4 rings (SSSR count). The van der Waals surface area contributed by atoms with E-state index in [0.717, 1.165) is 35.6 Å². The number of nitrogens with one attached hydrogen (secondary N) is 1. The number of benzene rings is 1. The number of aryl methyl sites for hydroxylation is 1. The smallest absolute Gasteiger partial charge is 0.256 e. The van der Waals surface area contributed by atoms with Crippen LogP contribution >= 0.6 is 12.4 Å². The Labute approximate surface area is 184 Å². The van der Waals surface area contributed by atoms with Crippen LogP contribution in [0.2, 0.25) is 0 Å². The number of aromatic nitrogens is 2. The zero-order valence-corrected chi connectivity index (χ0v) is 18.5. The molecule has 1 amide bonds. The number of nitrogens with zero attached hydrogens (tertiary/aromatic N) is 3. The number of carbonyl (C=O) groups excluding carboxylic acids is 1. The van der Waals surface area contributed by atoms with Crippen LogP contribution in [0.5, 0.6) is 0 Å². The monoisotopic (exact) mass is 424 g/mol. The van der Waals surface area contributed by atoms with Crippen molar-refractivity contribution in [1.29, 1.82) is 0 Å². The van der Waals surface area contributed by atoms with Crippen molar-refractivity contribution in [2.24, 2.45) is 0 Å². The fraction of sp³-hybridized carbons (Fsp3) is 0.333. The average molecular weight is 425 g/mol. The van der Waals surface area contributed by atoms with Gasteiger partial charge < -0.3 is 14.8 Å². The van der Waals surface area contributed by atoms with Crippen molar-refractivity contribution in [3.8, 4) is 0 Å². The van der Waals surface area contributed by atoms with E-state index in [4.69, 9.17) is 0 Å². The minimum Gasteiger partial charge on any atom is -0.341 e. The quantitative estimate of drug-likeness (QED) is 0.678. The van der Waals surface area contributed by atoms with Crippen molar-refractivity contribution in [2.75, 3.05) is 19.6 Å². The van der Waals surface area contributed by atoms with Gasteiger partial charge in [-0.1, -0.05) is 36.4 Å². The van der Waals surface area contributed by atoms with E-state index in [1.54, 1.807) is 6.20 Å². The third-order valence-corrected chi connectivity index (χ3v) is 5.96. The summed E-state index contributed by atoms with van der Waals surface area (Å²) < 4.78 is 2.27. The first-order valence-electron chi connectivity index (χ1n) is 10.2. The molecule has 5 nitrogen and oxygen atoms in total. The Kier molecular flexibility index (Phi) is 6.95. The Morgan fingerprint density at radius 2 is 1.93 bits per heavy atom. The van der Waals surface area contributed by atoms with Gasteiger partial charge in [0.1, 0.15) is 0 Å². The highest BCUT2D eigenvalue weighted by atomic mass is 35.5. The second-order valence-corrected chi connectivity index (χ2v) is 7.75. The number of hydrogen-bond donors (Lipinski definition) is 1. The number of carbonyl (C=O) groups is 1. The third kappa shape index (κ3) is 4.13. The molecule has 6 heteroatoms. The molecular weight excluding hydrogens is 396 g/mol. The highest BCUT2D eigenvalue weighted by Gasteiger charge is 2.31. The number of rotatable bonds is 4. The minimum absolute atomic E-state index is 0. The summed E-state index contributed by atoms with van der Waals surface area (Å²) in [6.45, 7) is 8.57. The van der Waals surface area contributed by atoms with E-state index in [1.807, 2.05) is 35.4 Å². The first-order chi connectivity index (χ1) is 14.1. The number of piperazine rings is 1. The van der Waals surface area contributed by atoms with Crippen molar-refractivity contribution in [3.05, 3.63) is 89.0 Å². The molecule has 3 aromatic rings. The molecule has 0 radical (unpaired) electrons. The molecule has 2 aromatic heterocycles. The average Bonchev–Trinajstić information content (AvgIpc) is 3.08. The fourth-order valence-electron chi connectivity index (χ4n) is 4.44. The predicted octanol–water partition coefficient (Wildman–Crippen LogP) is 4.32. The van der Waals surface area contributed by atoms with Gasteiger partial charge in [0.25, 0.3) is 5.91 Å². The van der Waals surface area contributed by atoms with Gasteiger partial charge in [0.15, 0.2) is 0 Å². The molecule has 1 aliphatic rings. The maximum Gasteiger partial charge on any atom is 0.256 e. The van der Waals surface area contributed by atoms with Gasteiger partial charge in [-0.05, 0) is 44.0 Å². The lowest BCUT2D eigenvalue weighted by Crippen LogP contribution is -2.48. The van der Waals surface area contributed by atoms with Gasteiger partial charge in [-0.25, -0.2) is 0 Å². The summed E-state index contributed by atoms with van der Waals surface area (Å²) in [6, 6.07) is 16.6. The van der Waals surface area contributed by atoms with Gasteiger partial charge in [0.2, 0.25) is 0 Å². The lowest BCUT2D eigenvalue weighted by Gasteiger charge is -2.36. The van der Waals surface area contributed by atoms with Gasteiger partial charge in [0, 0.05) is 43.4 Å². The summed E-state index contributed by atoms with van der Waals surface area (Å²) in [7, 11) is 0. The maximum absolute atomic E-state index is 13.6. The van der Waals surface area contributed by atoms with E-state index in [1.165, 1.54) is 5.56 Å². The molecule has 3 heterocycles. The first-order valence-corrected chi connectivity index (χ1v) is 10.2. The Hall–Kier alpha value is -2.63.